The molecule has 0 aliphatic heterocycles. The number of fused-ring (bicyclic) bond motifs is 1. The molecule has 0 unspecified atom stereocenters. The molecular weight excluding hydrogens is 1700 g/mol. The molecule has 0 saturated heterocycles. The third-order valence-corrected chi connectivity index (χ3v) is 21.3. The van der Waals surface area contributed by atoms with Crippen LogP contribution in [0.15, 0.2) is 274 Å². The van der Waals surface area contributed by atoms with E-state index in [4.69, 9.17) is 112 Å². The third kappa shape index (κ3) is 27.9. The van der Waals surface area contributed by atoms with Gasteiger partial charge in [0.2, 0.25) is 0 Å². The van der Waals surface area contributed by atoms with Crippen LogP contribution in [0.4, 0.5) is 45.5 Å². The molecular formula is C93H88Cl8N12O8. The number of halogens is 8. The molecule has 0 saturated carbocycles. The molecule has 0 atom stereocenters. The van der Waals surface area contributed by atoms with Crippen molar-refractivity contribution in [3.63, 3.8) is 0 Å². The fraction of sp³-hybridized carbons (Fsp3) is 0.204. The van der Waals surface area contributed by atoms with Gasteiger partial charge in [0.15, 0.2) is 0 Å². The molecule has 0 aliphatic carbocycles. The summed E-state index contributed by atoms with van der Waals surface area (Å²) in [5.74, 6) is 0.696. The SMILES string of the molecule is CCCc1nccn1CCOC(=O)Cc1ccccc1Nc1c(Cl)cccc1Cl.O=C(Cc1ccccc1Nc1c(Cl)cccc1Cl)OCCCCCCn1ccnc1.O=C(Cc1ccccc1Nc1c(Cl)cccc1Cl)OCCn1ccnc1-c1ccccc1.O=C(Cc1ccccc1Nc1c(Cl)cccc1Cl)OCCn1cnc2ccccc21. The van der Waals surface area contributed by atoms with E-state index in [0.29, 0.717) is 95.8 Å². The van der Waals surface area contributed by atoms with Gasteiger partial charge in [-0.3, -0.25) is 19.2 Å². The first kappa shape index (κ1) is 90.5. The number of unbranched alkanes of at least 4 members (excludes halogenated alkanes) is 3. The zero-order valence-corrected chi connectivity index (χ0v) is 72.1. The molecule has 0 bridgehead atoms. The molecule has 28 heteroatoms. The van der Waals surface area contributed by atoms with E-state index in [9.17, 15) is 19.2 Å². The average Bonchev–Trinajstić information content (AvgIpc) is 1.77. The number of hydrogen-bond acceptors (Lipinski definition) is 16. The van der Waals surface area contributed by atoms with Crippen molar-refractivity contribution in [1.29, 1.82) is 0 Å². The molecule has 14 aromatic rings. The highest BCUT2D eigenvalue weighted by Crippen LogP contribution is 2.38. The van der Waals surface area contributed by atoms with Crippen molar-refractivity contribution in [2.45, 2.75) is 97.3 Å². The van der Waals surface area contributed by atoms with Gasteiger partial charge < -0.3 is 58.5 Å². The number of para-hydroxylation sites is 10. The first-order chi connectivity index (χ1) is 58.9. The maximum atomic E-state index is 12.5. The lowest BCUT2D eigenvalue weighted by atomic mass is 10.1. The summed E-state index contributed by atoms with van der Waals surface area (Å²) in [6.45, 7) is 6.00. The normalized spacial score (nSPS) is 10.8. The van der Waals surface area contributed by atoms with Crippen LogP contribution in [-0.2, 0) is 96.4 Å². The van der Waals surface area contributed by atoms with Crippen molar-refractivity contribution in [2.24, 2.45) is 0 Å². The highest BCUT2D eigenvalue weighted by atomic mass is 35.5. The van der Waals surface area contributed by atoms with Gasteiger partial charge in [-0.25, -0.2) is 19.9 Å². The Hall–Kier alpha value is -11.3. The van der Waals surface area contributed by atoms with Gasteiger partial charge in [-0.2, -0.15) is 0 Å². The summed E-state index contributed by atoms with van der Waals surface area (Å²) in [5, 5.41) is 17.0. The highest BCUT2D eigenvalue weighted by molar-refractivity contribution is 6.41. The van der Waals surface area contributed by atoms with Crippen LogP contribution >= 0.6 is 92.8 Å². The molecule has 0 aliphatic rings. The third-order valence-electron chi connectivity index (χ3n) is 18.8. The molecule has 4 heterocycles. The quantitative estimate of drug-likeness (QED) is 0.0165. The Balaban J connectivity index is 0.000000158. The number of imidazole rings is 4. The van der Waals surface area contributed by atoms with Crippen molar-refractivity contribution in [2.75, 3.05) is 47.7 Å². The van der Waals surface area contributed by atoms with Gasteiger partial charge in [-0.05, 0) is 133 Å². The van der Waals surface area contributed by atoms with Crippen LogP contribution in [0.5, 0.6) is 0 Å². The number of benzene rings is 10. The molecule has 4 N–H and O–H groups in total. The maximum absolute atomic E-state index is 12.5. The number of carbonyl (C=O) groups is 4. The van der Waals surface area contributed by atoms with Crippen molar-refractivity contribution in [3.8, 4) is 11.4 Å². The van der Waals surface area contributed by atoms with E-state index in [2.05, 4.69) is 52.7 Å². The van der Waals surface area contributed by atoms with Crippen LogP contribution in [0.25, 0.3) is 22.4 Å². The van der Waals surface area contributed by atoms with Crippen molar-refractivity contribution in [3.05, 3.63) is 343 Å². The number of carbonyl (C=O) groups excluding carboxylic acids is 4. The Morgan fingerprint density at radius 2 is 0.711 bits per heavy atom. The summed E-state index contributed by atoms with van der Waals surface area (Å²) in [6.07, 6.45) is 21.3. The van der Waals surface area contributed by atoms with Crippen molar-refractivity contribution < 1.29 is 38.1 Å². The van der Waals surface area contributed by atoms with Crippen LogP contribution in [0.1, 0.15) is 67.1 Å². The lowest BCUT2D eigenvalue weighted by molar-refractivity contribution is -0.144. The Kier molecular flexibility index (Phi) is 35.6. The van der Waals surface area contributed by atoms with Gasteiger partial charge in [0, 0.05) is 78.5 Å². The van der Waals surface area contributed by atoms with Crippen LogP contribution in [0.2, 0.25) is 40.2 Å². The summed E-state index contributed by atoms with van der Waals surface area (Å²) < 4.78 is 29.8. The van der Waals surface area contributed by atoms with Crippen LogP contribution in [0.3, 0.4) is 0 Å². The topological polar surface area (TPSA) is 225 Å². The molecule has 20 nitrogen and oxygen atoms in total. The minimum Gasteiger partial charge on any atom is -0.465 e. The molecule has 4 aromatic heterocycles. The van der Waals surface area contributed by atoms with Gasteiger partial charge in [0.05, 0.1) is 139 Å². The number of aromatic nitrogens is 8. The predicted molar refractivity (Wildman–Crippen MR) is 488 cm³/mol. The minimum atomic E-state index is -0.314. The standard InChI is InChI=1S/C25H21Cl2N3O2.C23H19Cl2N3O2.C23H25Cl2N3O2.C22H23Cl2N3O2/c26-20-10-6-11-21(27)24(20)29-22-12-5-4-9-19(22)17-23(31)32-16-15-30-14-13-28-25(30)18-7-2-1-3-8-18;24-17-7-5-8-18(25)23(17)27-19-9-2-1-6-16(19)14-22(29)30-13-12-28-15-26-20-10-3-4-11-21(20)28;24-19-9-7-10-20(25)23(19)27-21-11-4-3-8-18(21)16-22(29)30-15-6-2-1-5-13-28-14-12-26-17-28;1-2-6-20-25-11-12-27(20)13-14-29-21(28)15-16-7-3-4-10-19(16)26-22-17(23)8-5-9-18(22)24/h1-14,29H,15-17H2;1-11,15,27H,12-14H2;3-4,7-12,14,17,27H,1-2,5-6,13,15-16H2;3-5,7-12,26H,2,6,13-15H2,1H3. The van der Waals surface area contributed by atoms with Gasteiger partial charge in [0.25, 0.3) is 0 Å². The first-order valence-electron chi connectivity index (χ1n) is 39.2. The number of hydrogen-bond donors (Lipinski definition) is 4. The number of nitrogens with zero attached hydrogens (tertiary/aromatic N) is 8. The van der Waals surface area contributed by atoms with Gasteiger partial charge in [-0.15, -0.1) is 0 Å². The average molecular weight is 1790 g/mol. The molecule has 14 rings (SSSR count). The Labute approximate surface area is 742 Å². The lowest BCUT2D eigenvalue weighted by Crippen LogP contribution is -2.15. The molecule has 624 valence electrons. The Morgan fingerprint density at radius 3 is 1.14 bits per heavy atom. The molecule has 121 heavy (non-hydrogen) atoms. The monoisotopic (exact) mass is 1780 g/mol. The minimum absolute atomic E-state index is 0.126. The highest BCUT2D eigenvalue weighted by Gasteiger charge is 2.19. The van der Waals surface area contributed by atoms with E-state index in [1.54, 1.807) is 97.7 Å². The van der Waals surface area contributed by atoms with E-state index in [1.165, 1.54) is 0 Å². The molecule has 0 amide bonds. The number of rotatable bonds is 35. The number of esters is 4. The van der Waals surface area contributed by atoms with E-state index < -0.39 is 0 Å². The molecule has 0 spiro atoms. The van der Waals surface area contributed by atoms with E-state index in [1.807, 2.05) is 190 Å². The second-order valence-electron chi connectivity index (χ2n) is 27.3. The second-order valence-corrected chi connectivity index (χ2v) is 30.6. The number of anilines is 8. The zero-order valence-electron chi connectivity index (χ0n) is 66.1. The Morgan fingerprint density at radius 1 is 0.339 bits per heavy atom. The van der Waals surface area contributed by atoms with Crippen molar-refractivity contribution >= 4 is 173 Å². The Bertz CT molecular complexity index is 5610. The second kappa shape index (κ2) is 47.6. The number of aryl methyl sites for hydroxylation is 2. The summed E-state index contributed by atoms with van der Waals surface area (Å²) >= 11 is 50.0. The van der Waals surface area contributed by atoms with Crippen molar-refractivity contribution in [1.82, 2.24) is 38.2 Å². The zero-order chi connectivity index (χ0) is 85.1. The number of ether oxygens (including phenoxy) is 4. The molecule has 10 aromatic carbocycles. The maximum Gasteiger partial charge on any atom is 0.310 e. The van der Waals surface area contributed by atoms with Crippen LogP contribution < -0.4 is 21.3 Å². The van der Waals surface area contributed by atoms with Crippen LogP contribution in [-0.4, -0.2) is 88.5 Å². The lowest BCUT2D eigenvalue weighted by Gasteiger charge is -2.14. The predicted octanol–water partition coefficient (Wildman–Crippen LogP) is 24.2. The summed E-state index contributed by atoms with van der Waals surface area (Å²) in [4.78, 5) is 66.7. The molecule has 0 fully saturated rings. The summed E-state index contributed by atoms with van der Waals surface area (Å²) in [6, 6.07) is 69.1. The van der Waals surface area contributed by atoms with Gasteiger partial charge in [-0.1, -0.05) is 246 Å². The van der Waals surface area contributed by atoms with Crippen LogP contribution in [0, 0.1) is 0 Å². The first-order valence-corrected chi connectivity index (χ1v) is 42.2. The van der Waals surface area contributed by atoms with E-state index in [-0.39, 0.29) is 62.8 Å². The smallest absolute Gasteiger partial charge is 0.310 e. The van der Waals surface area contributed by atoms with Gasteiger partial charge in [0.1, 0.15) is 31.5 Å². The summed E-state index contributed by atoms with van der Waals surface area (Å²) in [7, 11) is 0. The fourth-order valence-corrected chi connectivity index (χ4v) is 14.6. The summed E-state index contributed by atoms with van der Waals surface area (Å²) in [5.41, 5.74) is 11.7. The van der Waals surface area contributed by atoms with E-state index in [0.717, 1.165) is 118 Å². The number of nitrogens with one attached hydrogen (secondary N) is 4. The van der Waals surface area contributed by atoms with Gasteiger partial charge >= 0.3 is 23.9 Å². The fourth-order valence-electron chi connectivity index (χ4n) is 12.7. The largest absolute Gasteiger partial charge is 0.465 e. The van der Waals surface area contributed by atoms with E-state index >= 15 is 0 Å². The molecule has 0 radical (unpaired) electrons.